The van der Waals surface area contributed by atoms with E-state index in [9.17, 15) is 14.6 Å². The van der Waals surface area contributed by atoms with Gasteiger partial charge in [-0.25, -0.2) is 15.0 Å². The van der Waals surface area contributed by atoms with Gasteiger partial charge in [0.1, 0.15) is 30.2 Å². The molecule has 0 amide bonds. The molecule has 4 heterocycles. The summed E-state index contributed by atoms with van der Waals surface area (Å²) in [7, 11) is -4.41. The summed E-state index contributed by atoms with van der Waals surface area (Å²) < 4.78 is 27.8. The molecular weight excluding hydrogens is 362 g/mol. The van der Waals surface area contributed by atoms with Crippen molar-refractivity contribution in [3.63, 3.8) is 0 Å². The molecule has 0 aromatic carbocycles. The number of aliphatic hydroxyl groups is 1. The van der Waals surface area contributed by atoms with Gasteiger partial charge in [-0.3, -0.25) is 9.13 Å². The van der Waals surface area contributed by atoms with E-state index < -0.39 is 32.4 Å². The molecule has 2 fully saturated rings. The van der Waals surface area contributed by atoms with Crippen molar-refractivity contribution in [2.75, 3.05) is 6.61 Å². The summed E-state index contributed by atoms with van der Waals surface area (Å²) in [5, 5.41) is 10.5. The van der Waals surface area contributed by atoms with E-state index in [1.165, 1.54) is 17.2 Å². The van der Waals surface area contributed by atoms with Crippen LogP contribution in [0, 0.1) is 0 Å². The van der Waals surface area contributed by atoms with E-state index in [2.05, 4.69) is 19.5 Å². The average molecular weight is 371 g/mol. The number of nitrogens with zero attached hydrogens (tertiary/aromatic N) is 4. The number of fused-ring (bicyclic) bond motifs is 2. The minimum Gasteiger partial charge on any atom is -0.756 e. The number of hydrogen-bond donors (Lipinski definition) is 1. The molecule has 5 atom stereocenters. The van der Waals surface area contributed by atoms with E-state index in [4.69, 9.17) is 20.9 Å². The molecule has 2 aliphatic rings. The zero-order chi connectivity index (χ0) is 15.5. The first-order valence-electron chi connectivity index (χ1n) is 6.27. The average Bonchev–Trinajstić information content (AvgIpc) is 3.01. The fraction of sp³-hybridized carbons (Fsp3) is 0.500. The number of aromatic nitrogens is 4. The molecule has 1 N–H and O–H groups in total. The Hall–Kier alpha value is -0.130. The Bertz CT molecular complexity index is 792. The van der Waals surface area contributed by atoms with Crippen molar-refractivity contribution >= 4 is 30.6 Å². The van der Waals surface area contributed by atoms with Crippen LogP contribution < -0.4 is 34.5 Å². The first kappa shape index (κ1) is 17.7. The first-order chi connectivity index (χ1) is 10.5. The third-order valence-electron chi connectivity index (χ3n) is 3.55. The van der Waals surface area contributed by atoms with Gasteiger partial charge in [-0.1, -0.05) is 11.6 Å². The second kappa shape index (κ2) is 6.30. The molecule has 118 valence electrons. The van der Waals surface area contributed by atoms with Gasteiger partial charge in [0, 0.05) is 0 Å². The number of imidazole rings is 1. The van der Waals surface area contributed by atoms with E-state index in [1.807, 2.05) is 0 Å². The van der Waals surface area contributed by atoms with Gasteiger partial charge in [0.2, 0.25) is 0 Å². The molecular formula is C10H9ClN4NaO6P. The van der Waals surface area contributed by atoms with Gasteiger partial charge < -0.3 is 23.8 Å². The van der Waals surface area contributed by atoms with Gasteiger partial charge in [-0.05, 0) is 0 Å². The maximum absolute atomic E-state index is 11.3. The summed E-state index contributed by atoms with van der Waals surface area (Å²) in [4.78, 5) is 23.3. The number of ether oxygens (including phenoxy) is 1. The summed E-state index contributed by atoms with van der Waals surface area (Å²) in [6.45, 7) is -0.221. The second-order valence-electron chi connectivity index (χ2n) is 4.86. The Morgan fingerprint density at radius 2 is 2.22 bits per heavy atom. The zero-order valence-corrected chi connectivity index (χ0v) is 15.4. The van der Waals surface area contributed by atoms with Crippen molar-refractivity contribution in [3.05, 3.63) is 17.8 Å². The van der Waals surface area contributed by atoms with Crippen LogP contribution in [-0.4, -0.2) is 49.5 Å². The molecule has 0 bridgehead atoms. The van der Waals surface area contributed by atoms with E-state index >= 15 is 0 Å². The number of rotatable bonds is 1. The van der Waals surface area contributed by atoms with E-state index in [-0.39, 0.29) is 41.3 Å². The number of phosphoric acid groups is 1. The second-order valence-corrected chi connectivity index (χ2v) is 6.58. The predicted octanol–water partition coefficient (Wildman–Crippen LogP) is -3.37. The van der Waals surface area contributed by atoms with Crippen LogP contribution in [0.1, 0.15) is 6.23 Å². The molecule has 1 unspecified atom stereocenters. The van der Waals surface area contributed by atoms with Crippen LogP contribution >= 0.6 is 19.4 Å². The largest absolute Gasteiger partial charge is 1.00 e. The van der Waals surface area contributed by atoms with Crippen molar-refractivity contribution < 1.29 is 57.9 Å². The van der Waals surface area contributed by atoms with Crippen LogP contribution in [0.5, 0.6) is 0 Å². The smallest absolute Gasteiger partial charge is 0.756 e. The predicted molar refractivity (Wildman–Crippen MR) is 68.7 cm³/mol. The van der Waals surface area contributed by atoms with Crippen molar-refractivity contribution in [3.8, 4) is 0 Å². The Morgan fingerprint density at radius 3 is 3.00 bits per heavy atom. The summed E-state index contributed by atoms with van der Waals surface area (Å²) in [6.07, 6.45) is -1.28. The fourth-order valence-electron chi connectivity index (χ4n) is 2.57. The Morgan fingerprint density at radius 1 is 1.43 bits per heavy atom. The molecule has 0 radical (unpaired) electrons. The van der Waals surface area contributed by atoms with Gasteiger partial charge in [-0.15, -0.1) is 0 Å². The van der Waals surface area contributed by atoms with E-state index in [0.717, 1.165) is 0 Å². The summed E-state index contributed by atoms with van der Waals surface area (Å²) in [5.41, 5.74) is 0.704. The minimum absolute atomic E-state index is 0. The SMILES string of the molecule is O=P1([O-])OC[C@H]2O[C@@H](n3cnc4c(Cl)ncnc43)[C@H](O)[C@@H]2O1.[Na+]. The number of halogens is 1. The van der Waals surface area contributed by atoms with E-state index in [1.54, 1.807) is 0 Å². The molecule has 0 aliphatic carbocycles. The molecule has 2 aromatic heterocycles. The van der Waals surface area contributed by atoms with Crippen molar-refractivity contribution in [1.29, 1.82) is 0 Å². The maximum atomic E-state index is 11.3. The Balaban J connectivity index is 0.00000156. The van der Waals surface area contributed by atoms with Crippen LogP contribution in [0.3, 0.4) is 0 Å². The zero-order valence-electron chi connectivity index (χ0n) is 11.8. The quantitative estimate of drug-likeness (QED) is 0.310. The monoisotopic (exact) mass is 370 g/mol. The first-order valence-corrected chi connectivity index (χ1v) is 8.11. The van der Waals surface area contributed by atoms with Gasteiger partial charge in [0.25, 0.3) is 7.82 Å². The number of hydrogen-bond acceptors (Lipinski definition) is 9. The topological polar surface area (TPSA) is 132 Å². The molecule has 13 heteroatoms. The molecule has 0 spiro atoms. The third kappa shape index (κ3) is 2.98. The van der Waals surface area contributed by atoms with Crippen LogP contribution in [0.2, 0.25) is 5.15 Å². The molecule has 2 aliphatic heterocycles. The van der Waals surface area contributed by atoms with Crippen LogP contribution in [-0.2, 0) is 18.3 Å². The fourth-order valence-corrected chi connectivity index (χ4v) is 3.69. The maximum Gasteiger partial charge on any atom is 1.00 e. The minimum atomic E-state index is -4.41. The molecule has 23 heavy (non-hydrogen) atoms. The van der Waals surface area contributed by atoms with E-state index in [0.29, 0.717) is 11.2 Å². The summed E-state index contributed by atoms with van der Waals surface area (Å²) in [6, 6.07) is 0. The Kier molecular flexibility index (Phi) is 4.85. The molecule has 2 saturated heterocycles. The van der Waals surface area contributed by atoms with Crippen molar-refractivity contribution in [2.24, 2.45) is 0 Å². The van der Waals surface area contributed by atoms with Gasteiger partial charge in [0.05, 0.1) is 12.9 Å². The van der Waals surface area contributed by atoms with Crippen molar-refractivity contribution in [1.82, 2.24) is 19.5 Å². The van der Waals surface area contributed by atoms with Gasteiger partial charge in [0.15, 0.2) is 17.0 Å². The van der Waals surface area contributed by atoms with Crippen LogP contribution in [0.25, 0.3) is 11.2 Å². The van der Waals surface area contributed by atoms with Crippen LogP contribution in [0.4, 0.5) is 0 Å². The van der Waals surface area contributed by atoms with Crippen molar-refractivity contribution in [2.45, 2.75) is 24.5 Å². The van der Waals surface area contributed by atoms with Gasteiger partial charge >= 0.3 is 29.6 Å². The molecule has 0 saturated carbocycles. The third-order valence-corrected chi connectivity index (χ3v) is 4.79. The summed E-state index contributed by atoms with van der Waals surface area (Å²) >= 11 is 5.92. The molecule has 2 aromatic rings. The summed E-state index contributed by atoms with van der Waals surface area (Å²) in [5.74, 6) is 0. The standard InChI is InChI=1S/C10H10ClN4O6P.Na/c11-8-5-9(13-2-12-8)15(3-14-5)10-6(16)7-4(20-10)1-19-22(17,18)21-7;/h2-4,6-7,10,16H,1H2,(H,17,18);/q;+1/p-1/t4-,6-,7-,10-;/m1./s1. The number of aliphatic hydroxyl groups excluding tert-OH is 1. The van der Waals surface area contributed by atoms with Crippen LogP contribution in [0.15, 0.2) is 12.7 Å². The molecule has 4 rings (SSSR count). The number of phosphoric ester groups is 1. The van der Waals surface area contributed by atoms with Gasteiger partial charge in [-0.2, -0.15) is 0 Å². The molecule has 10 nitrogen and oxygen atoms in total. The Labute approximate surface area is 156 Å². The normalized spacial score (nSPS) is 36.7.